The molecule has 2 aliphatic carbocycles. The molecule has 0 bridgehead atoms. The van der Waals surface area contributed by atoms with Crippen LogP contribution < -0.4 is 10.6 Å². The molecular formula is C33H55N5O5. The summed E-state index contributed by atoms with van der Waals surface area (Å²) in [6, 6.07) is -1.57. The summed E-state index contributed by atoms with van der Waals surface area (Å²) in [5.74, 6) is -0.377. The van der Waals surface area contributed by atoms with Gasteiger partial charge >= 0.3 is 6.09 Å². The van der Waals surface area contributed by atoms with Gasteiger partial charge < -0.3 is 25.2 Å². The first-order valence-corrected chi connectivity index (χ1v) is 16.3. The number of nitrogens with zero attached hydrogens (tertiary/aromatic N) is 3. The molecule has 1 saturated heterocycles. The number of carbonyl (C=O) groups excluding carboxylic acids is 4. The molecule has 0 radical (unpaired) electrons. The predicted molar refractivity (Wildman–Crippen MR) is 168 cm³/mol. The van der Waals surface area contributed by atoms with E-state index in [4.69, 9.17) is 4.74 Å². The number of carbonyl (C=O) groups is 4. The second kappa shape index (κ2) is 16.3. The standard InChI is InChI=1S/C33H55N5O5/c1-24(36(6)32(42)43-33(2,3)4)30(40)35-29(26-16-11-8-12-17-26)31(41)38-20-13-18-27(38)23-37(28(39)22-34-5)21-19-25-14-9-7-10-15-25/h9,14-15,24,26-27,29,34H,7-8,10-13,16-23H2,1-6H3,(H,35,40)/t24-,27-,29-/m0/s1. The Morgan fingerprint density at radius 2 is 1.79 bits per heavy atom. The Labute approximate surface area is 258 Å². The second-order valence-corrected chi connectivity index (χ2v) is 13.4. The SMILES string of the molecule is CNCC(=O)N(CCC1=CCCC=C1)C[C@@H]1CCCN1C(=O)[C@@H](NC(=O)[C@H](C)N(C)C(=O)OC(C)(C)C)C1CCCCC1. The zero-order valence-electron chi connectivity index (χ0n) is 27.3. The quantitative estimate of drug-likeness (QED) is 0.350. The molecular weight excluding hydrogens is 546 g/mol. The van der Waals surface area contributed by atoms with Crippen LogP contribution in [-0.2, 0) is 19.1 Å². The number of hydrogen-bond donors (Lipinski definition) is 2. The maximum atomic E-state index is 14.3. The lowest BCUT2D eigenvalue weighted by molar-refractivity contribution is -0.141. The van der Waals surface area contributed by atoms with E-state index in [9.17, 15) is 19.2 Å². The molecule has 43 heavy (non-hydrogen) atoms. The van der Waals surface area contributed by atoms with Crippen molar-refractivity contribution in [1.29, 1.82) is 0 Å². The van der Waals surface area contributed by atoms with Crippen molar-refractivity contribution in [3.8, 4) is 0 Å². The Hall–Kier alpha value is -2.88. The zero-order valence-corrected chi connectivity index (χ0v) is 27.3. The van der Waals surface area contributed by atoms with Crippen molar-refractivity contribution in [2.24, 2.45) is 5.92 Å². The van der Waals surface area contributed by atoms with E-state index in [1.165, 1.54) is 10.5 Å². The summed E-state index contributed by atoms with van der Waals surface area (Å²) in [6.45, 7) is 8.95. The van der Waals surface area contributed by atoms with Crippen molar-refractivity contribution in [2.75, 3.05) is 40.3 Å². The Kier molecular flexibility index (Phi) is 13.1. The molecule has 2 fully saturated rings. The number of allylic oxidation sites excluding steroid dienone is 3. The minimum atomic E-state index is -0.805. The van der Waals surface area contributed by atoms with Crippen LogP contribution in [-0.4, -0.2) is 103 Å². The fraction of sp³-hybridized carbons (Fsp3) is 0.758. The van der Waals surface area contributed by atoms with Gasteiger partial charge in [-0.15, -0.1) is 0 Å². The van der Waals surface area contributed by atoms with Gasteiger partial charge in [0.2, 0.25) is 17.7 Å². The summed E-state index contributed by atoms with van der Waals surface area (Å²) < 4.78 is 5.45. The Bertz CT molecular complexity index is 1030. The molecule has 4 amide bonds. The molecule has 0 aromatic carbocycles. The van der Waals surface area contributed by atoms with Gasteiger partial charge in [-0.05, 0) is 85.6 Å². The molecule has 0 unspecified atom stereocenters. The predicted octanol–water partition coefficient (Wildman–Crippen LogP) is 4.01. The average Bonchev–Trinajstić information content (AvgIpc) is 3.45. The molecule has 0 spiro atoms. The molecule has 1 saturated carbocycles. The summed E-state index contributed by atoms with van der Waals surface area (Å²) in [7, 11) is 3.31. The van der Waals surface area contributed by atoms with Gasteiger partial charge in [0, 0.05) is 32.7 Å². The monoisotopic (exact) mass is 601 g/mol. The maximum absolute atomic E-state index is 14.3. The van der Waals surface area contributed by atoms with Gasteiger partial charge in [0.25, 0.3) is 0 Å². The van der Waals surface area contributed by atoms with Gasteiger partial charge in [0.05, 0.1) is 6.54 Å². The fourth-order valence-electron chi connectivity index (χ4n) is 6.24. The van der Waals surface area contributed by atoms with E-state index in [1.54, 1.807) is 41.8 Å². The molecule has 0 aromatic rings. The van der Waals surface area contributed by atoms with Crippen molar-refractivity contribution in [2.45, 2.75) is 116 Å². The molecule has 1 aliphatic heterocycles. The van der Waals surface area contributed by atoms with Crippen molar-refractivity contribution in [1.82, 2.24) is 25.3 Å². The average molecular weight is 602 g/mol. The first-order chi connectivity index (χ1) is 20.4. The number of likely N-dealkylation sites (tertiary alicyclic amines) is 1. The van der Waals surface area contributed by atoms with E-state index >= 15 is 0 Å². The number of rotatable bonds is 12. The van der Waals surface area contributed by atoms with Crippen molar-refractivity contribution in [3.05, 3.63) is 23.8 Å². The minimum absolute atomic E-state index is 0.0262. The highest BCUT2D eigenvalue weighted by Gasteiger charge is 2.40. The number of ether oxygens (including phenoxy) is 1. The van der Waals surface area contributed by atoms with Crippen LogP contribution in [0.15, 0.2) is 23.8 Å². The first kappa shape index (κ1) is 34.6. The third-order valence-corrected chi connectivity index (χ3v) is 8.84. The molecule has 10 nitrogen and oxygen atoms in total. The number of likely N-dealkylation sites (N-methyl/N-ethyl adjacent to an activating group) is 2. The Balaban J connectivity index is 1.74. The fourth-order valence-corrected chi connectivity index (χ4v) is 6.24. The normalized spacial score (nSPS) is 20.7. The van der Waals surface area contributed by atoms with E-state index < -0.39 is 23.8 Å². The molecule has 3 atom stereocenters. The summed E-state index contributed by atoms with van der Waals surface area (Å²) in [5, 5.41) is 6.04. The van der Waals surface area contributed by atoms with Gasteiger partial charge in [-0.1, -0.05) is 43.1 Å². The zero-order chi connectivity index (χ0) is 31.6. The lowest BCUT2D eigenvalue weighted by atomic mass is 9.83. The highest BCUT2D eigenvalue weighted by molar-refractivity contribution is 5.91. The largest absolute Gasteiger partial charge is 0.444 e. The van der Waals surface area contributed by atoms with Gasteiger partial charge in [-0.3, -0.25) is 19.3 Å². The van der Waals surface area contributed by atoms with Gasteiger partial charge in [0.1, 0.15) is 17.7 Å². The van der Waals surface area contributed by atoms with Crippen molar-refractivity contribution >= 4 is 23.8 Å². The van der Waals surface area contributed by atoms with Crippen molar-refractivity contribution < 1.29 is 23.9 Å². The van der Waals surface area contributed by atoms with E-state index in [0.29, 0.717) is 19.6 Å². The molecule has 0 aromatic heterocycles. The van der Waals surface area contributed by atoms with E-state index in [2.05, 4.69) is 28.9 Å². The molecule has 3 aliphatic rings. The summed E-state index contributed by atoms with van der Waals surface area (Å²) in [5.41, 5.74) is 0.567. The van der Waals surface area contributed by atoms with Gasteiger partial charge in [-0.25, -0.2) is 4.79 Å². The Morgan fingerprint density at radius 3 is 2.42 bits per heavy atom. The van der Waals surface area contributed by atoms with Crippen molar-refractivity contribution in [3.63, 3.8) is 0 Å². The van der Waals surface area contributed by atoms with Gasteiger partial charge in [-0.2, -0.15) is 0 Å². The lowest BCUT2D eigenvalue weighted by Gasteiger charge is -2.37. The Morgan fingerprint density at radius 1 is 1.07 bits per heavy atom. The lowest BCUT2D eigenvalue weighted by Crippen LogP contribution is -2.58. The summed E-state index contributed by atoms with van der Waals surface area (Å²) in [4.78, 5) is 58.6. The molecule has 1 heterocycles. The van der Waals surface area contributed by atoms with E-state index in [0.717, 1.165) is 64.2 Å². The van der Waals surface area contributed by atoms with Crippen LogP contribution in [0.4, 0.5) is 4.79 Å². The first-order valence-electron chi connectivity index (χ1n) is 16.3. The van der Waals surface area contributed by atoms with Crippen LogP contribution in [0.2, 0.25) is 0 Å². The van der Waals surface area contributed by atoms with E-state index in [1.807, 2.05) is 9.80 Å². The molecule has 10 heteroatoms. The maximum Gasteiger partial charge on any atom is 0.410 e. The number of hydrogen-bond acceptors (Lipinski definition) is 6. The smallest absolute Gasteiger partial charge is 0.410 e. The van der Waals surface area contributed by atoms with Crippen LogP contribution >= 0.6 is 0 Å². The third-order valence-electron chi connectivity index (χ3n) is 8.84. The van der Waals surface area contributed by atoms with E-state index in [-0.39, 0.29) is 36.2 Å². The van der Waals surface area contributed by atoms with Crippen LogP contribution in [0.5, 0.6) is 0 Å². The minimum Gasteiger partial charge on any atom is -0.444 e. The second-order valence-electron chi connectivity index (χ2n) is 13.4. The third kappa shape index (κ3) is 10.4. The highest BCUT2D eigenvalue weighted by atomic mass is 16.6. The topological polar surface area (TPSA) is 111 Å². The summed E-state index contributed by atoms with van der Waals surface area (Å²) >= 11 is 0. The van der Waals surface area contributed by atoms with Crippen LogP contribution in [0.25, 0.3) is 0 Å². The van der Waals surface area contributed by atoms with Crippen LogP contribution in [0.3, 0.4) is 0 Å². The molecule has 2 N–H and O–H groups in total. The summed E-state index contributed by atoms with van der Waals surface area (Å²) in [6.07, 6.45) is 15.5. The number of amides is 4. The number of nitrogens with one attached hydrogen (secondary N) is 2. The van der Waals surface area contributed by atoms with Crippen LogP contribution in [0.1, 0.15) is 91.9 Å². The molecule has 3 rings (SSSR count). The molecule has 242 valence electrons. The van der Waals surface area contributed by atoms with Gasteiger partial charge in [0.15, 0.2) is 0 Å². The van der Waals surface area contributed by atoms with Crippen LogP contribution in [0, 0.1) is 5.92 Å². The highest BCUT2D eigenvalue weighted by Crippen LogP contribution is 2.30.